The molecule has 1 unspecified atom stereocenters. The molecule has 1 atom stereocenters. The summed E-state index contributed by atoms with van der Waals surface area (Å²) >= 11 is 0. The summed E-state index contributed by atoms with van der Waals surface area (Å²) in [6, 6.07) is 2.30. The van der Waals surface area contributed by atoms with Crippen LogP contribution >= 0.6 is 12.4 Å². The molecule has 8 heteroatoms. The van der Waals surface area contributed by atoms with E-state index in [1.165, 1.54) is 26.2 Å². The zero-order chi connectivity index (χ0) is 16.0. The topological polar surface area (TPSA) is 81.4 Å². The number of halogens is 2. The minimum atomic E-state index is -3.81. The predicted octanol–water partition coefficient (Wildman–Crippen LogP) is 2.36. The molecule has 22 heavy (non-hydrogen) atoms. The van der Waals surface area contributed by atoms with Crippen molar-refractivity contribution in [1.82, 2.24) is 4.72 Å². The zero-order valence-corrected chi connectivity index (χ0v) is 14.7. The summed E-state index contributed by atoms with van der Waals surface area (Å²) in [5.41, 5.74) is 5.63. The van der Waals surface area contributed by atoms with Gasteiger partial charge in [0.25, 0.3) is 0 Å². The molecule has 128 valence electrons. The first-order chi connectivity index (χ1) is 9.87. The van der Waals surface area contributed by atoms with Crippen LogP contribution in [0.3, 0.4) is 0 Å². The summed E-state index contributed by atoms with van der Waals surface area (Å²) in [6.07, 6.45) is 2.48. The maximum Gasteiger partial charge on any atom is 0.241 e. The molecule has 0 aliphatic carbocycles. The van der Waals surface area contributed by atoms with Crippen molar-refractivity contribution in [3.05, 3.63) is 23.5 Å². The number of methoxy groups -OCH3 is 1. The number of unbranched alkanes of at least 4 members (excludes halogenated alkanes) is 1. The molecular weight excluding hydrogens is 331 g/mol. The summed E-state index contributed by atoms with van der Waals surface area (Å²) < 4.78 is 46.1. The second-order valence-corrected chi connectivity index (χ2v) is 6.58. The van der Waals surface area contributed by atoms with E-state index in [1.807, 2.05) is 6.92 Å². The average Bonchev–Trinajstić information content (AvgIpc) is 2.45. The third kappa shape index (κ3) is 5.08. The molecule has 0 aromatic heterocycles. The number of sulfonamides is 1. The van der Waals surface area contributed by atoms with E-state index in [4.69, 9.17) is 10.5 Å². The summed E-state index contributed by atoms with van der Waals surface area (Å²) in [5.74, 6) is -0.647. The van der Waals surface area contributed by atoms with Crippen LogP contribution in [0, 0.1) is 12.7 Å². The lowest BCUT2D eigenvalue weighted by atomic mass is 10.1. The fourth-order valence-electron chi connectivity index (χ4n) is 2.05. The first-order valence-electron chi connectivity index (χ1n) is 6.92. The molecule has 0 aliphatic rings. The first-order valence-corrected chi connectivity index (χ1v) is 8.41. The van der Waals surface area contributed by atoms with Gasteiger partial charge in [-0.25, -0.2) is 17.5 Å². The van der Waals surface area contributed by atoms with Gasteiger partial charge in [0.05, 0.1) is 12.0 Å². The fraction of sp³-hybridized carbons (Fsp3) is 0.571. The Bertz CT molecular complexity index is 582. The number of benzene rings is 1. The second-order valence-electron chi connectivity index (χ2n) is 4.90. The van der Waals surface area contributed by atoms with Gasteiger partial charge in [0, 0.05) is 18.2 Å². The van der Waals surface area contributed by atoms with Crippen LogP contribution in [0.1, 0.15) is 31.7 Å². The van der Waals surface area contributed by atoms with E-state index >= 15 is 0 Å². The van der Waals surface area contributed by atoms with Crippen molar-refractivity contribution in [1.29, 1.82) is 0 Å². The number of hydrogen-bond acceptors (Lipinski definition) is 4. The molecule has 5 nitrogen and oxygen atoms in total. The fourth-order valence-corrected chi connectivity index (χ4v) is 3.57. The van der Waals surface area contributed by atoms with Gasteiger partial charge in [0.15, 0.2) is 11.6 Å². The SMILES string of the molecule is CCCCC(CN)NS(=O)(=O)c1ccc(OC)c(F)c1C.Cl. The monoisotopic (exact) mass is 354 g/mol. The lowest BCUT2D eigenvalue weighted by Crippen LogP contribution is -2.40. The van der Waals surface area contributed by atoms with Crippen molar-refractivity contribution >= 4 is 22.4 Å². The minimum Gasteiger partial charge on any atom is -0.494 e. The molecule has 0 fully saturated rings. The highest BCUT2D eigenvalue weighted by Crippen LogP contribution is 2.26. The Morgan fingerprint density at radius 3 is 2.55 bits per heavy atom. The van der Waals surface area contributed by atoms with Crippen LogP contribution in [0.25, 0.3) is 0 Å². The van der Waals surface area contributed by atoms with E-state index in [-0.39, 0.29) is 41.2 Å². The van der Waals surface area contributed by atoms with Crippen LogP contribution in [0.4, 0.5) is 4.39 Å². The van der Waals surface area contributed by atoms with Gasteiger partial charge in [-0.3, -0.25) is 0 Å². The molecule has 0 spiro atoms. The normalized spacial score (nSPS) is 12.6. The van der Waals surface area contributed by atoms with Crippen LogP contribution in [0.5, 0.6) is 5.75 Å². The molecule has 0 heterocycles. The molecule has 0 saturated carbocycles. The van der Waals surface area contributed by atoms with Crippen molar-refractivity contribution in [3.63, 3.8) is 0 Å². The molecule has 1 aromatic carbocycles. The lowest BCUT2D eigenvalue weighted by molar-refractivity contribution is 0.384. The van der Waals surface area contributed by atoms with E-state index in [9.17, 15) is 12.8 Å². The predicted molar refractivity (Wildman–Crippen MR) is 87.6 cm³/mol. The lowest BCUT2D eigenvalue weighted by Gasteiger charge is -2.18. The molecular formula is C14H24ClFN2O3S. The third-order valence-corrected chi connectivity index (χ3v) is 4.99. The van der Waals surface area contributed by atoms with Gasteiger partial charge in [-0.05, 0) is 25.5 Å². The van der Waals surface area contributed by atoms with Crippen molar-refractivity contribution < 1.29 is 17.5 Å². The van der Waals surface area contributed by atoms with Crippen molar-refractivity contribution in [2.75, 3.05) is 13.7 Å². The van der Waals surface area contributed by atoms with E-state index in [0.29, 0.717) is 6.42 Å². The van der Waals surface area contributed by atoms with Gasteiger partial charge in [0.1, 0.15) is 0 Å². The van der Waals surface area contributed by atoms with Gasteiger partial charge in [-0.15, -0.1) is 12.4 Å². The third-order valence-electron chi connectivity index (χ3n) is 3.32. The zero-order valence-electron chi connectivity index (χ0n) is 13.1. The number of nitrogens with two attached hydrogens (primary N) is 1. The molecule has 3 N–H and O–H groups in total. The number of rotatable bonds is 8. The molecule has 0 aliphatic heterocycles. The number of ether oxygens (including phenoxy) is 1. The Kier molecular flexibility index (Phi) is 8.92. The average molecular weight is 355 g/mol. The Morgan fingerprint density at radius 2 is 2.05 bits per heavy atom. The van der Waals surface area contributed by atoms with Gasteiger partial charge < -0.3 is 10.5 Å². The van der Waals surface area contributed by atoms with Gasteiger partial charge >= 0.3 is 0 Å². The largest absolute Gasteiger partial charge is 0.494 e. The quantitative estimate of drug-likeness (QED) is 0.750. The Labute approximate surface area is 137 Å². The second kappa shape index (κ2) is 9.29. The van der Waals surface area contributed by atoms with Crippen LogP contribution in [0.15, 0.2) is 17.0 Å². The Balaban J connectivity index is 0.00000441. The highest BCUT2D eigenvalue weighted by Gasteiger charge is 2.23. The first kappa shape index (κ1) is 21.1. The Hall–Kier alpha value is -0.890. The summed E-state index contributed by atoms with van der Waals surface area (Å²) in [6.45, 7) is 3.64. The van der Waals surface area contributed by atoms with Crippen LogP contribution in [0.2, 0.25) is 0 Å². The molecule has 0 amide bonds. The Morgan fingerprint density at radius 1 is 1.41 bits per heavy atom. The smallest absolute Gasteiger partial charge is 0.241 e. The van der Waals surface area contributed by atoms with Gasteiger partial charge in [-0.2, -0.15) is 0 Å². The molecule has 0 saturated heterocycles. The standard InChI is InChI=1S/C14H23FN2O3S.ClH/c1-4-5-6-11(9-16)17-21(18,19)13-8-7-12(20-3)14(15)10(13)2;/h7-8,11,17H,4-6,9,16H2,1-3H3;1H. The van der Waals surface area contributed by atoms with Crippen LogP contribution in [-0.2, 0) is 10.0 Å². The number of nitrogens with one attached hydrogen (secondary N) is 1. The summed E-state index contributed by atoms with van der Waals surface area (Å²) in [4.78, 5) is -0.0873. The van der Waals surface area contributed by atoms with Crippen molar-refractivity contribution in [3.8, 4) is 5.75 Å². The molecule has 1 aromatic rings. The van der Waals surface area contributed by atoms with Crippen LogP contribution < -0.4 is 15.2 Å². The minimum absolute atomic E-state index is 0. The summed E-state index contributed by atoms with van der Waals surface area (Å²) in [7, 11) is -2.47. The maximum absolute atomic E-state index is 14.0. The molecule has 0 bridgehead atoms. The van der Waals surface area contributed by atoms with E-state index < -0.39 is 15.8 Å². The van der Waals surface area contributed by atoms with E-state index in [2.05, 4.69) is 4.72 Å². The van der Waals surface area contributed by atoms with Crippen molar-refractivity contribution in [2.45, 2.75) is 44.0 Å². The van der Waals surface area contributed by atoms with E-state index in [1.54, 1.807) is 0 Å². The maximum atomic E-state index is 14.0. The molecule has 1 rings (SSSR count). The highest BCUT2D eigenvalue weighted by molar-refractivity contribution is 7.89. The van der Waals surface area contributed by atoms with Gasteiger partial charge in [0.2, 0.25) is 10.0 Å². The molecule has 0 radical (unpaired) electrons. The number of hydrogen-bond donors (Lipinski definition) is 2. The highest BCUT2D eigenvalue weighted by atomic mass is 35.5. The summed E-state index contributed by atoms with van der Waals surface area (Å²) in [5, 5.41) is 0. The van der Waals surface area contributed by atoms with Crippen molar-refractivity contribution in [2.24, 2.45) is 5.73 Å². The van der Waals surface area contributed by atoms with Gasteiger partial charge in [-0.1, -0.05) is 19.8 Å². The van der Waals surface area contributed by atoms with Crippen LogP contribution in [-0.4, -0.2) is 28.1 Å². The van der Waals surface area contributed by atoms with E-state index in [0.717, 1.165) is 12.8 Å².